The molecule has 1 saturated heterocycles. The molecule has 2 aliphatic rings. The van der Waals surface area contributed by atoms with Gasteiger partial charge in [-0.2, -0.15) is 0 Å². The number of aromatic amines is 1. The molecular formula is C31H30ClN5O4. The molecule has 2 aliphatic heterocycles. The average Bonchev–Trinajstić information content (AvgIpc) is 3.31. The summed E-state index contributed by atoms with van der Waals surface area (Å²) in [6.45, 7) is 4.08. The van der Waals surface area contributed by atoms with Gasteiger partial charge in [-0.25, -0.2) is 4.99 Å². The van der Waals surface area contributed by atoms with Crippen LogP contribution in [0.4, 0.5) is 11.4 Å². The molecule has 2 N–H and O–H groups in total. The molecule has 10 heteroatoms. The molecule has 1 fully saturated rings. The predicted molar refractivity (Wildman–Crippen MR) is 161 cm³/mol. The SMILES string of the molecule is CN1CCN(CC(=O)N(C)c2ccc(N=C(c3ccc4c(c3)OC=CO4)c3c(O)[nH]c4cc(Cl)ccc34)cc2)CC1. The highest BCUT2D eigenvalue weighted by atomic mass is 35.5. The Labute approximate surface area is 242 Å². The number of carbonyl (C=O) groups excluding carboxylic acids is 1. The maximum Gasteiger partial charge on any atom is 0.240 e. The summed E-state index contributed by atoms with van der Waals surface area (Å²) in [4.78, 5) is 27.1. The van der Waals surface area contributed by atoms with Crippen molar-refractivity contribution in [2.75, 3.05) is 51.7 Å². The summed E-state index contributed by atoms with van der Waals surface area (Å²) in [6, 6.07) is 18.4. The predicted octanol–water partition coefficient (Wildman–Crippen LogP) is 5.15. The van der Waals surface area contributed by atoms with Crippen LogP contribution in [0, 0.1) is 0 Å². The third-order valence-electron chi connectivity index (χ3n) is 7.45. The number of piperazine rings is 1. The molecule has 0 spiro atoms. The highest BCUT2D eigenvalue weighted by Gasteiger charge is 2.22. The number of anilines is 1. The number of rotatable bonds is 6. The van der Waals surface area contributed by atoms with Crippen LogP contribution in [0.25, 0.3) is 10.9 Å². The number of benzene rings is 3. The lowest BCUT2D eigenvalue weighted by Gasteiger charge is -2.32. The van der Waals surface area contributed by atoms with E-state index in [0.29, 0.717) is 45.5 Å². The van der Waals surface area contributed by atoms with Gasteiger partial charge in [-0.05, 0) is 61.6 Å². The first-order valence-electron chi connectivity index (χ1n) is 13.4. The number of fused-ring (bicyclic) bond motifs is 2. The number of amides is 1. The third kappa shape index (κ3) is 5.65. The Kier molecular flexibility index (Phi) is 7.40. The second-order valence-electron chi connectivity index (χ2n) is 10.2. The molecule has 0 saturated carbocycles. The largest absolute Gasteiger partial charge is 0.494 e. The van der Waals surface area contributed by atoms with E-state index >= 15 is 0 Å². The van der Waals surface area contributed by atoms with Crippen molar-refractivity contribution in [1.82, 2.24) is 14.8 Å². The highest BCUT2D eigenvalue weighted by molar-refractivity contribution is 6.31. The lowest BCUT2D eigenvalue weighted by atomic mass is 10.00. The molecular weight excluding hydrogens is 542 g/mol. The van der Waals surface area contributed by atoms with Crippen LogP contribution >= 0.6 is 11.6 Å². The van der Waals surface area contributed by atoms with Gasteiger partial charge >= 0.3 is 0 Å². The minimum absolute atomic E-state index is 0.0262. The smallest absolute Gasteiger partial charge is 0.240 e. The van der Waals surface area contributed by atoms with Crippen LogP contribution in [-0.4, -0.2) is 78.3 Å². The van der Waals surface area contributed by atoms with Crippen LogP contribution < -0.4 is 14.4 Å². The lowest BCUT2D eigenvalue weighted by molar-refractivity contribution is -0.119. The van der Waals surface area contributed by atoms with Crippen LogP contribution in [0.3, 0.4) is 0 Å². The van der Waals surface area contributed by atoms with Crippen molar-refractivity contribution in [3.05, 3.63) is 89.3 Å². The van der Waals surface area contributed by atoms with E-state index in [1.54, 1.807) is 30.1 Å². The van der Waals surface area contributed by atoms with Gasteiger partial charge in [0.25, 0.3) is 0 Å². The maximum atomic E-state index is 13.0. The second-order valence-corrected chi connectivity index (χ2v) is 10.7. The summed E-state index contributed by atoms with van der Waals surface area (Å²) in [7, 11) is 3.89. The van der Waals surface area contributed by atoms with E-state index in [1.165, 1.54) is 12.5 Å². The second kappa shape index (κ2) is 11.3. The van der Waals surface area contributed by atoms with Gasteiger partial charge in [0.15, 0.2) is 17.4 Å². The number of aromatic hydroxyl groups is 1. The van der Waals surface area contributed by atoms with Gasteiger partial charge < -0.3 is 29.4 Å². The van der Waals surface area contributed by atoms with Crippen molar-refractivity contribution in [1.29, 1.82) is 0 Å². The number of nitrogens with zero attached hydrogens (tertiary/aromatic N) is 4. The first kappa shape index (κ1) is 26.9. The van der Waals surface area contributed by atoms with Gasteiger partial charge in [0.1, 0.15) is 12.5 Å². The molecule has 0 radical (unpaired) electrons. The summed E-state index contributed by atoms with van der Waals surface area (Å²) in [5.74, 6) is 1.14. The number of halogens is 1. The molecule has 0 unspecified atom stereocenters. The van der Waals surface area contributed by atoms with E-state index in [0.717, 1.165) is 42.8 Å². The van der Waals surface area contributed by atoms with E-state index in [4.69, 9.17) is 26.1 Å². The van der Waals surface area contributed by atoms with Gasteiger partial charge in [0.05, 0.1) is 29.0 Å². The van der Waals surface area contributed by atoms with E-state index in [1.807, 2.05) is 42.5 Å². The fraction of sp³-hybridized carbons (Fsp3) is 0.226. The Morgan fingerprint density at radius 1 is 1.00 bits per heavy atom. The number of aromatic nitrogens is 1. The van der Waals surface area contributed by atoms with Gasteiger partial charge in [-0.15, -0.1) is 0 Å². The highest BCUT2D eigenvalue weighted by Crippen LogP contribution is 2.36. The van der Waals surface area contributed by atoms with E-state index < -0.39 is 0 Å². The van der Waals surface area contributed by atoms with Gasteiger partial charge in [0.2, 0.25) is 5.91 Å². The molecule has 3 aromatic carbocycles. The number of aliphatic imine (C=N–C) groups is 1. The summed E-state index contributed by atoms with van der Waals surface area (Å²) in [5.41, 5.74) is 3.91. The van der Waals surface area contributed by atoms with Crippen molar-refractivity contribution in [2.45, 2.75) is 0 Å². The summed E-state index contributed by atoms with van der Waals surface area (Å²) >= 11 is 6.21. The number of ether oxygens (including phenoxy) is 2. The zero-order chi connectivity index (χ0) is 28.5. The Morgan fingerprint density at radius 2 is 1.73 bits per heavy atom. The topological polar surface area (TPSA) is 93.6 Å². The van der Waals surface area contributed by atoms with Crippen molar-refractivity contribution >= 4 is 45.5 Å². The van der Waals surface area contributed by atoms with Crippen molar-refractivity contribution in [3.63, 3.8) is 0 Å². The molecule has 4 aromatic rings. The van der Waals surface area contributed by atoms with Gasteiger partial charge in [-0.1, -0.05) is 17.7 Å². The minimum atomic E-state index is -0.0262. The van der Waals surface area contributed by atoms with Crippen LogP contribution in [0.2, 0.25) is 5.02 Å². The normalized spacial score (nSPS) is 15.8. The standard InChI is InChI=1S/C31H30ClN5O4/c1-35-11-13-37(14-12-35)19-28(38)36(2)23-7-5-22(6-8-23)33-30(20-3-10-26-27(17-20)41-16-15-40-26)29-24-9-4-21(32)18-25(24)34-31(29)39/h3-10,15-18,34,39H,11-14,19H2,1-2H3. The molecule has 0 atom stereocenters. The van der Waals surface area contributed by atoms with Crippen LogP contribution in [0.15, 0.2) is 78.2 Å². The summed E-state index contributed by atoms with van der Waals surface area (Å²) < 4.78 is 11.2. The number of hydrogen-bond donors (Lipinski definition) is 2. The van der Waals surface area contributed by atoms with Crippen molar-refractivity contribution in [2.24, 2.45) is 4.99 Å². The molecule has 6 rings (SSSR count). The molecule has 210 valence electrons. The quantitative estimate of drug-likeness (QED) is 0.311. The molecule has 3 heterocycles. The number of carbonyl (C=O) groups is 1. The van der Waals surface area contributed by atoms with Crippen LogP contribution in [-0.2, 0) is 4.79 Å². The number of nitrogens with one attached hydrogen (secondary N) is 1. The molecule has 0 aliphatic carbocycles. The first-order valence-corrected chi connectivity index (χ1v) is 13.7. The summed E-state index contributed by atoms with van der Waals surface area (Å²) in [6.07, 6.45) is 2.94. The first-order chi connectivity index (χ1) is 19.9. The van der Waals surface area contributed by atoms with Crippen LogP contribution in [0.1, 0.15) is 11.1 Å². The zero-order valence-electron chi connectivity index (χ0n) is 22.8. The Bertz CT molecular complexity index is 1660. The Balaban J connectivity index is 1.33. The van der Waals surface area contributed by atoms with Crippen molar-refractivity contribution in [3.8, 4) is 17.4 Å². The fourth-order valence-corrected chi connectivity index (χ4v) is 5.21. The molecule has 0 bridgehead atoms. The average molecular weight is 572 g/mol. The Morgan fingerprint density at radius 3 is 2.49 bits per heavy atom. The minimum Gasteiger partial charge on any atom is -0.494 e. The van der Waals surface area contributed by atoms with Gasteiger partial charge in [-0.3, -0.25) is 9.69 Å². The van der Waals surface area contributed by atoms with Crippen LogP contribution in [0.5, 0.6) is 17.4 Å². The molecule has 41 heavy (non-hydrogen) atoms. The monoisotopic (exact) mass is 571 g/mol. The fourth-order valence-electron chi connectivity index (χ4n) is 5.03. The molecule has 1 aromatic heterocycles. The number of H-pyrrole nitrogens is 1. The lowest BCUT2D eigenvalue weighted by Crippen LogP contribution is -2.48. The number of likely N-dealkylation sites (N-methyl/N-ethyl adjacent to an activating group) is 2. The van der Waals surface area contributed by atoms with E-state index in [-0.39, 0.29) is 11.8 Å². The Hall–Kier alpha value is -4.31. The van der Waals surface area contributed by atoms with Crippen molar-refractivity contribution < 1.29 is 19.4 Å². The third-order valence-corrected chi connectivity index (χ3v) is 7.68. The number of hydrogen-bond acceptors (Lipinski definition) is 7. The maximum absolute atomic E-state index is 13.0. The van der Waals surface area contributed by atoms with E-state index in [9.17, 15) is 9.90 Å². The summed E-state index contributed by atoms with van der Waals surface area (Å²) in [5, 5.41) is 12.3. The zero-order valence-corrected chi connectivity index (χ0v) is 23.6. The molecule has 1 amide bonds. The van der Waals surface area contributed by atoms with E-state index in [2.05, 4.69) is 21.8 Å². The molecule has 9 nitrogen and oxygen atoms in total. The van der Waals surface area contributed by atoms with Gasteiger partial charge in [0, 0.05) is 54.9 Å².